The van der Waals surface area contributed by atoms with Crippen molar-refractivity contribution in [3.05, 3.63) is 11.8 Å². The lowest BCUT2D eigenvalue weighted by molar-refractivity contribution is -0.141. The van der Waals surface area contributed by atoms with Gasteiger partial charge >= 0.3 is 6.18 Å². The fourth-order valence-corrected chi connectivity index (χ4v) is 1.46. The monoisotopic (exact) mass is 264 g/mol. The molecule has 0 radical (unpaired) electrons. The molecule has 0 saturated heterocycles. The second-order valence-electron chi connectivity index (χ2n) is 3.62. The molecule has 1 rings (SSSR count). The highest BCUT2D eigenvalue weighted by Crippen LogP contribution is 2.30. The molecule has 1 aromatic rings. The molecular formula is C10H15F3N4O. The van der Waals surface area contributed by atoms with Gasteiger partial charge in [-0.15, -0.1) is 0 Å². The number of aliphatic hydroxyl groups excluding tert-OH is 1. The Morgan fingerprint density at radius 3 is 2.56 bits per heavy atom. The number of aromatic nitrogens is 2. The maximum Gasteiger partial charge on any atom is 0.433 e. The third-order valence-electron chi connectivity index (χ3n) is 2.31. The molecule has 0 aromatic carbocycles. The summed E-state index contributed by atoms with van der Waals surface area (Å²) in [5, 5.41) is 8.73. The van der Waals surface area contributed by atoms with Crippen LogP contribution >= 0.6 is 0 Å². The molecule has 102 valence electrons. The predicted octanol–water partition coefficient (Wildman–Crippen LogP) is 1.29. The Hall–Kier alpha value is -1.57. The van der Waals surface area contributed by atoms with E-state index in [1.807, 2.05) is 0 Å². The van der Waals surface area contributed by atoms with E-state index in [4.69, 9.17) is 10.8 Å². The molecule has 0 unspecified atom stereocenters. The van der Waals surface area contributed by atoms with Crippen molar-refractivity contribution in [3.8, 4) is 0 Å². The Bertz CT molecular complexity index is 397. The van der Waals surface area contributed by atoms with Crippen LogP contribution in [-0.2, 0) is 6.18 Å². The van der Waals surface area contributed by atoms with Crippen LogP contribution in [-0.4, -0.2) is 34.8 Å². The highest BCUT2D eigenvalue weighted by atomic mass is 19.4. The van der Waals surface area contributed by atoms with E-state index in [0.717, 1.165) is 6.07 Å². The largest absolute Gasteiger partial charge is 0.433 e. The van der Waals surface area contributed by atoms with Crippen molar-refractivity contribution in [1.29, 1.82) is 0 Å². The van der Waals surface area contributed by atoms with E-state index in [0.29, 0.717) is 19.5 Å². The lowest BCUT2D eigenvalue weighted by Gasteiger charge is -2.22. The molecule has 0 fully saturated rings. The topological polar surface area (TPSA) is 75.3 Å². The zero-order chi connectivity index (χ0) is 13.8. The summed E-state index contributed by atoms with van der Waals surface area (Å²) in [6, 6.07) is 0.858. The van der Waals surface area contributed by atoms with Crippen LogP contribution in [0, 0.1) is 0 Å². The van der Waals surface area contributed by atoms with E-state index in [2.05, 4.69) is 9.97 Å². The first kappa shape index (κ1) is 14.5. The van der Waals surface area contributed by atoms with Gasteiger partial charge in [0.15, 0.2) is 5.69 Å². The van der Waals surface area contributed by atoms with Crippen LogP contribution in [0.25, 0.3) is 0 Å². The van der Waals surface area contributed by atoms with Crippen molar-refractivity contribution in [2.45, 2.75) is 19.5 Å². The first-order valence-corrected chi connectivity index (χ1v) is 5.46. The van der Waals surface area contributed by atoms with Crippen molar-refractivity contribution in [3.63, 3.8) is 0 Å². The number of aliphatic hydroxyl groups is 1. The fourth-order valence-electron chi connectivity index (χ4n) is 1.46. The minimum Gasteiger partial charge on any atom is -0.396 e. The van der Waals surface area contributed by atoms with Crippen molar-refractivity contribution in [2.24, 2.45) is 0 Å². The molecule has 0 aliphatic rings. The highest BCUT2D eigenvalue weighted by molar-refractivity contribution is 5.44. The van der Waals surface area contributed by atoms with E-state index in [1.54, 1.807) is 11.8 Å². The Morgan fingerprint density at radius 2 is 2.06 bits per heavy atom. The predicted molar refractivity (Wildman–Crippen MR) is 61.0 cm³/mol. The summed E-state index contributed by atoms with van der Waals surface area (Å²) < 4.78 is 37.7. The smallest absolute Gasteiger partial charge is 0.396 e. The van der Waals surface area contributed by atoms with E-state index >= 15 is 0 Å². The zero-order valence-electron chi connectivity index (χ0n) is 9.91. The van der Waals surface area contributed by atoms with E-state index in [9.17, 15) is 13.2 Å². The number of rotatable bonds is 5. The van der Waals surface area contributed by atoms with E-state index in [-0.39, 0.29) is 12.4 Å². The van der Waals surface area contributed by atoms with Crippen LogP contribution < -0.4 is 10.6 Å². The Morgan fingerprint density at radius 1 is 1.39 bits per heavy atom. The summed E-state index contributed by atoms with van der Waals surface area (Å²) in [5.74, 6) is -0.298. The molecular weight excluding hydrogens is 249 g/mol. The molecule has 0 spiro atoms. The molecule has 0 atom stereocenters. The number of nitrogen functional groups attached to an aromatic ring is 1. The Kier molecular flexibility index (Phi) is 4.71. The number of hydrogen-bond donors (Lipinski definition) is 2. The standard InChI is InChI=1S/C10H15F3N4O/c1-2-17(4-3-5-18)8-6-7(10(11,12)13)15-9(14)16-8/h6,18H,2-5H2,1H3,(H2,14,15,16). The molecule has 0 saturated carbocycles. The quantitative estimate of drug-likeness (QED) is 0.838. The molecule has 0 aliphatic carbocycles. The molecule has 5 nitrogen and oxygen atoms in total. The minimum absolute atomic E-state index is 0.0385. The number of anilines is 2. The second-order valence-corrected chi connectivity index (χ2v) is 3.62. The van der Waals surface area contributed by atoms with Crippen LogP contribution in [0.4, 0.5) is 24.9 Å². The molecule has 1 heterocycles. The molecule has 0 bridgehead atoms. The van der Waals surface area contributed by atoms with Gasteiger partial charge < -0.3 is 15.7 Å². The maximum atomic E-state index is 12.6. The third-order valence-corrected chi connectivity index (χ3v) is 2.31. The second kappa shape index (κ2) is 5.85. The zero-order valence-corrected chi connectivity index (χ0v) is 9.91. The van der Waals surface area contributed by atoms with Gasteiger partial charge in [0.25, 0.3) is 0 Å². The first-order chi connectivity index (χ1) is 8.38. The average molecular weight is 264 g/mol. The molecule has 0 aliphatic heterocycles. The molecule has 0 amide bonds. The van der Waals surface area contributed by atoms with Gasteiger partial charge in [-0.25, -0.2) is 4.98 Å². The van der Waals surface area contributed by atoms with Gasteiger partial charge in [-0.2, -0.15) is 18.2 Å². The normalized spacial score (nSPS) is 11.6. The Balaban J connectivity index is 3.04. The van der Waals surface area contributed by atoms with Crippen LogP contribution in [0.1, 0.15) is 19.0 Å². The lowest BCUT2D eigenvalue weighted by Crippen LogP contribution is -2.27. The number of nitrogens with zero attached hydrogens (tertiary/aromatic N) is 3. The lowest BCUT2D eigenvalue weighted by atomic mass is 10.3. The summed E-state index contributed by atoms with van der Waals surface area (Å²) in [5.41, 5.74) is 4.22. The van der Waals surface area contributed by atoms with Crippen molar-refractivity contribution in [2.75, 3.05) is 30.3 Å². The van der Waals surface area contributed by atoms with Gasteiger partial charge in [0.1, 0.15) is 5.82 Å². The van der Waals surface area contributed by atoms with Gasteiger partial charge in [0, 0.05) is 25.8 Å². The first-order valence-electron chi connectivity index (χ1n) is 5.46. The summed E-state index contributed by atoms with van der Waals surface area (Å²) in [6.45, 7) is 2.61. The van der Waals surface area contributed by atoms with Crippen LogP contribution in [0.3, 0.4) is 0 Å². The molecule has 3 N–H and O–H groups in total. The SMILES string of the molecule is CCN(CCCO)c1cc(C(F)(F)F)nc(N)n1. The van der Waals surface area contributed by atoms with Crippen LogP contribution in [0.15, 0.2) is 6.07 Å². The summed E-state index contributed by atoms with van der Waals surface area (Å²) >= 11 is 0. The summed E-state index contributed by atoms with van der Waals surface area (Å²) in [4.78, 5) is 8.55. The minimum atomic E-state index is -4.55. The molecule has 1 aromatic heterocycles. The molecule has 8 heteroatoms. The third kappa shape index (κ3) is 3.73. The average Bonchev–Trinajstić information content (AvgIpc) is 2.28. The van der Waals surface area contributed by atoms with Crippen molar-refractivity contribution < 1.29 is 18.3 Å². The number of halogens is 3. The van der Waals surface area contributed by atoms with Gasteiger partial charge in [0.2, 0.25) is 5.95 Å². The van der Waals surface area contributed by atoms with Crippen molar-refractivity contribution >= 4 is 11.8 Å². The Labute approximate surface area is 102 Å². The van der Waals surface area contributed by atoms with E-state index in [1.165, 1.54) is 0 Å². The van der Waals surface area contributed by atoms with Crippen molar-refractivity contribution in [1.82, 2.24) is 9.97 Å². The summed E-state index contributed by atoms with van der Waals surface area (Å²) in [7, 11) is 0. The van der Waals surface area contributed by atoms with Gasteiger partial charge in [0.05, 0.1) is 0 Å². The molecule has 18 heavy (non-hydrogen) atoms. The van der Waals surface area contributed by atoms with Gasteiger partial charge in [-0.3, -0.25) is 0 Å². The summed E-state index contributed by atoms with van der Waals surface area (Å²) in [6.07, 6.45) is -4.11. The van der Waals surface area contributed by atoms with Crippen LogP contribution in [0.2, 0.25) is 0 Å². The van der Waals surface area contributed by atoms with E-state index < -0.39 is 17.8 Å². The van der Waals surface area contributed by atoms with Gasteiger partial charge in [-0.05, 0) is 13.3 Å². The maximum absolute atomic E-state index is 12.6. The van der Waals surface area contributed by atoms with Gasteiger partial charge in [-0.1, -0.05) is 0 Å². The van der Waals surface area contributed by atoms with Crippen LogP contribution in [0.5, 0.6) is 0 Å². The number of hydrogen-bond acceptors (Lipinski definition) is 5. The fraction of sp³-hybridized carbons (Fsp3) is 0.600. The highest BCUT2D eigenvalue weighted by Gasteiger charge is 2.33. The number of alkyl halides is 3. The number of nitrogens with two attached hydrogens (primary N) is 1.